The Morgan fingerprint density at radius 2 is 2.29 bits per heavy atom. The fraction of sp³-hybridized carbons (Fsp3) is 0.688. The summed E-state index contributed by atoms with van der Waals surface area (Å²) in [6, 6.07) is 1.93. The molecule has 0 spiro atoms. The summed E-state index contributed by atoms with van der Waals surface area (Å²) < 4.78 is 0. The molecule has 1 N–H and O–H groups in total. The van der Waals surface area contributed by atoms with Gasteiger partial charge in [0.15, 0.2) is 0 Å². The van der Waals surface area contributed by atoms with E-state index in [9.17, 15) is 4.79 Å². The van der Waals surface area contributed by atoms with Crippen LogP contribution in [0.3, 0.4) is 0 Å². The van der Waals surface area contributed by atoms with Crippen LogP contribution < -0.4 is 5.32 Å². The Hall–Kier alpha value is -0.910. The highest BCUT2D eigenvalue weighted by Gasteiger charge is 2.31. The lowest BCUT2D eigenvalue weighted by molar-refractivity contribution is 0.0759. The Morgan fingerprint density at radius 1 is 1.38 bits per heavy atom. The predicted molar refractivity (Wildman–Crippen MR) is 86.9 cm³/mol. The molecule has 1 unspecified atom stereocenters. The molecule has 0 aromatic carbocycles. The molecule has 5 heteroatoms. The summed E-state index contributed by atoms with van der Waals surface area (Å²) in [5.41, 5.74) is 1.26. The number of carbonyl (C=O) groups is 1. The smallest absolute Gasteiger partial charge is 0.254 e. The van der Waals surface area contributed by atoms with E-state index >= 15 is 0 Å². The second-order valence-corrected chi connectivity index (χ2v) is 7.45. The molecule has 116 valence electrons. The normalized spacial score (nSPS) is 27.8. The first-order chi connectivity index (χ1) is 10.2. The van der Waals surface area contributed by atoms with Crippen molar-refractivity contribution in [1.29, 1.82) is 0 Å². The number of amides is 1. The monoisotopic (exact) mass is 307 g/mol. The molecule has 1 aromatic rings. The van der Waals surface area contributed by atoms with Gasteiger partial charge in [-0.15, -0.1) is 0 Å². The predicted octanol–water partition coefficient (Wildman–Crippen LogP) is 1.90. The van der Waals surface area contributed by atoms with Crippen LogP contribution in [0.1, 0.15) is 30.1 Å². The van der Waals surface area contributed by atoms with E-state index < -0.39 is 0 Å². The molecule has 2 fully saturated rings. The van der Waals surface area contributed by atoms with Crippen molar-refractivity contribution in [2.75, 3.05) is 45.8 Å². The molecule has 1 atom stereocenters. The minimum Gasteiger partial charge on any atom is -0.337 e. The summed E-state index contributed by atoms with van der Waals surface area (Å²) in [5.74, 6) is 0.201. The van der Waals surface area contributed by atoms with Crippen LogP contribution in [0.4, 0.5) is 0 Å². The van der Waals surface area contributed by atoms with Crippen LogP contribution in [0.25, 0.3) is 0 Å². The van der Waals surface area contributed by atoms with E-state index in [-0.39, 0.29) is 5.91 Å². The highest BCUT2D eigenvalue weighted by atomic mass is 32.1. The molecule has 1 aromatic heterocycles. The van der Waals surface area contributed by atoms with Gasteiger partial charge in [-0.2, -0.15) is 11.3 Å². The fourth-order valence-electron chi connectivity index (χ4n) is 3.44. The molecule has 1 amide bonds. The molecule has 0 bridgehead atoms. The minimum absolute atomic E-state index is 0.201. The average Bonchev–Trinajstić information content (AvgIpc) is 3.08. The molecule has 3 heterocycles. The van der Waals surface area contributed by atoms with Gasteiger partial charge < -0.3 is 15.1 Å². The second-order valence-electron chi connectivity index (χ2n) is 6.67. The van der Waals surface area contributed by atoms with Gasteiger partial charge >= 0.3 is 0 Å². The van der Waals surface area contributed by atoms with Crippen LogP contribution in [-0.4, -0.2) is 61.5 Å². The van der Waals surface area contributed by atoms with Crippen molar-refractivity contribution in [3.8, 4) is 0 Å². The Bertz CT molecular complexity index is 468. The number of hydrogen-bond acceptors (Lipinski definition) is 4. The van der Waals surface area contributed by atoms with Crippen LogP contribution >= 0.6 is 11.3 Å². The number of nitrogens with one attached hydrogen (secondary N) is 1. The summed E-state index contributed by atoms with van der Waals surface area (Å²) in [4.78, 5) is 17.0. The van der Waals surface area contributed by atoms with Crippen molar-refractivity contribution in [3.05, 3.63) is 22.4 Å². The van der Waals surface area contributed by atoms with Gasteiger partial charge in [-0.1, -0.05) is 6.92 Å². The number of carbonyl (C=O) groups excluding carboxylic acids is 1. The average molecular weight is 307 g/mol. The maximum atomic E-state index is 12.4. The molecule has 0 saturated carbocycles. The first-order valence-corrected chi connectivity index (χ1v) is 8.85. The topological polar surface area (TPSA) is 35.6 Å². The van der Waals surface area contributed by atoms with Crippen molar-refractivity contribution in [1.82, 2.24) is 15.1 Å². The molecule has 2 saturated heterocycles. The third-order valence-corrected chi connectivity index (χ3v) is 5.39. The van der Waals surface area contributed by atoms with Crippen LogP contribution in [0.15, 0.2) is 16.8 Å². The van der Waals surface area contributed by atoms with Gasteiger partial charge in [0.25, 0.3) is 5.91 Å². The lowest BCUT2D eigenvalue weighted by Crippen LogP contribution is -2.40. The van der Waals surface area contributed by atoms with Gasteiger partial charge in [-0.3, -0.25) is 4.79 Å². The Morgan fingerprint density at radius 3 is 3.00 bits per heavy atom. The van der Waals surface area contributed by atoms with Crippen molar-refractivity contribution in [2.24, 2.45) is 5.41 Å². The molecule has 0 aliphatic carbocycles. The molecule has 2 aliphatic heterocycles. The van der Waals surface area contributed by atoms with Gasteiger partial charge in [0.05, 0.1) is 5.56 Å². The van der Waals surface area contributed by atoms with Crippen molar-refractivity contribution < 1.29 is 4.79 Å². The summed E-state index contributed by atoms with van der Waals surface area (Å²) in [5, 5.41) is 7.41. The molecule has 3 rings (SSSR count). The Balaban J connectivity index is 1.55. The number of rotatable bonds is 3. The quantitative estimate of drug-likeness (QED) is 0.926. The Labute approximate surface area is 131 Å². The molecular weight excluding hydrogens is 282 g/mol. The third-order valence-electron chi connectivity index (χ3n) is 4.71. The SMILES string of the molecule is CC1(CN2CCCN(C(=O)c3ccsc3)CC2)CCNC1. The van der Waals surface area contributed by atoms with Gasteiger partial charge in [-0.25, -0.2) is 0 Å². The first kappa shape index (κ1) is 15.0. The van der Waals surface area contributed by atoms with Crippen LogP contribution in [0.2, 0.25) is 0 Å². The summed E-state index contributed by atoms with van der Waals surface area (Å²) in [7, 11) is 0. The van der Waals surface area contributed by atoms with E-state index in [2.05, 4.69) is 17.1 Å². The fourth-order valence-corrected chi connectivity index (χ4v) is 4.07. The molecular formula is C16H25N3OS. The lowest BCUT2D eigenvalue weighted by atomic mass is 9.89. The third kappa shape index (κ3) is 3.65. The molecule has 4 nitrogen and oxygen atoms in total. The van der Waals surface area contributed by atoms with Crippen LogP contribution in [0.5, 0.6) is 0 Å². The van der Waals surface area contributed by atoms with E-state index in [0.717, 1.165) is 57.8 Å². The molecule has 2 aliphatic rings. The summed E-state index contributed by atoms with van der Waals surface area (Å²) >= 11 is 1.59. The zero-order valence-corrected chi connectivity index (χ0v) is 13.6. The molecule has 21 heavy (non-hydrogen) atoms. The van der Waals surface area contributed by atoms with E-state index in [4.69, 9.17) is 0 Å². The van der Waals surface area contributed by atoms with Crippen molar-refractivity contribution in [2.45, 2.75) is 19.8 Å². The van der Waals surface area contributed by atoms with Crippen molar-refractivity contribution >= 4 is 17.2 Å². The minimum atomic E-state index is 0.201. The maximum absolute atomic E-state index is 12.4. The van der Waals surface area contributed by atoms with Gasteiger partial charge in [-0.05, 0) is 42.8 Å². The van der Waals surface area contributed by atoms with E-state index in [1.54, 1.807) is 11.3 Å². The van der Waals surface area contributed by atoms with Crippen LogP contribution in [-0.2, 0) is 0 Å². The second kappa shape index (κ2) is 6.46. The van der Waals surface area contributed by atoms with Crippen LogP contribution in [0, 0.1) is 5.41 Å². The summed E-state index contributed by atoms with van der Waals surface area (Å²) in [6.07, 6.45) is 2.35. The van der Waals surface area contributed by atoms with E-state index in [0.29, 0.717) is 5.41 Å². The van der Waals surface area contributed by atoms with E-state index in [1.165, 1.54) is 6.42 Å². The highest BCUT2D eigenvalue weighted by molar-refractivity contribution is 7.08. The highest BCUT2D eigenvalue weighted by Crippen LogP contribution is 2.26. The zero-order chi connectivity index (χ0) is 14.7. The van der Waals surface area contributed by atoms with E-state index in [1.807, 2.05) is 21.7 Å². The number of hydrogen-bond donors (Lipinski definition) is 1. The first-order valence-electron chi connectivity index (χ1n) is 7.91. The Kier molecular flexibility index (Phi) is 4.62. The summed E-state index contributed by atoms with van der Waals surface area (Å²) in [6.45, 7) is 9.67. The van der Waals surface area contributed by atoms with Gasteiger partial charge in [0, 0.05) is 38.1 Å². The van der Waals surface area contributed by atoms with Gasteiger partial charge in [0.2, 0.25) is 0 Å². The lowest BCUT2D eigenvalue weighted by Gasteiger charge is -2.31. The number of nitrogens with zero attached hydrogens (tertiary/aromatic N) is 2. The largest absolute Gasteiger partial charge is 0.337 e. The standard InChI is InChI=1S/C16H25N3OS/c1-16(4-5-17-12-16)13-18-6-2-7-19(9-8-18)15(20)14-3-10-21-11-14/h3,10-11,17H,2,4-9,12-13H2,1H3. The zero-order valence-electron chi connectivity index (χ0n) is 12.8. The number of thiophene rings is 1. The van der Waals surface area contributed by atoms with Gasteiger partial charge in [0.1, 0.15) is 0 Å². The van der Waals surface area contributed by atoms with Crippen molar-refractivity contribution in [3.63, 3.8) is 0 Å². The molecule has 0 radical (unpaired) electrons. The maximum Gasteiger partial charge on any atom is 0.254 e.